The Hall–Kier alpha value is -1.09. The van der Waals surface area contributed by atoms with Crippen LogP contribution in [0.4, 0.5) is 0 Å². The largest absolute Gasteiger partial charge is 0.464 e. The molecule has 0 saturated heterocycles. The van der Waals surface area contributed by atoms with Crippen molar-refractivity contribution in [2.24, 2.45) is 0 Å². The molecular weight excluding hydrogens is 292 g/mol. The molecule has 0 saturated carbocycles. The van der Waals surface area contributed by atoms with Crippen LogP contribution < -0.4 is 10.6 Å². The fraction of sp³-hybridized carbons (Fsp3) is 0.692. The van der Waals surface area contributed by atoms with Crippen LogP contribution in [0.15, 0.2) is 16.5 Å². The van der Waals surface area contributed by atoms with E-state index in [9.17, 15) is 10.1 Å². The molecular formula is C13H24N4O3S. The first-order chi connectivity index (χ1) is 10.0. The van der Waals surface area contributed by atoms with Crippen molar-refractivity contribution in [1.82, 2.24) is 15.5 Å². The van der Waals surface area contributed by atoms with Crippen molar-refractivity contribution in [3.63, 3.8) is 0 Å². The van der Waals surface area contributed by atoms with Gasteiger partial charge in [-0.3, -0.25) is 20.7 Å². The van der Waals surface area contributed by atoms with Crippen molar-refractivity contribution < 1.29 is 9.34 Å². The molecule has 0 aliphatic rings. The minimum Gasteiger partial charge on any atom is -0.464 e. The van der Waals surface area contributed by atoms with Gasteiger partial charge in [-0.1, -0.05) is 0 Å². The Balaban J connectivity index is 2.16. The summed E-state index contributed by atoms with van der Waals surface area (Å²) in [5.74, 6) is 3.62. The zero-order valence-electron chi connectivity index (χ0n) is 12.8. The van der Waals surface area contributed by atoms with Gasteiger partial charge >= 0.3 is 0 Å². The van der Waals surface area contributed by atoms with Gasteiger partial charge in [-0.2, -0.15) is 11.8 Å². The highest BCUT2D eigenvalue weighted by atomic mass is 32.2. The second-order valence-electron chi connectivity index (χ2n) is 4.97. The number of likely N-dealkylation sites (N-methyl/N-ethyl adjacent to an activating group) is 1. The molecule has 2 N–H and O–H groups in total. The van der Waals surface area contributed by atoms with Gasteiger partial charge in [0.05, 0.1) is 12.3 Å². The fourth-order valence-corrected chi connectivity index (χ4v) is 2.54. The van der Waals surface area contributed by atoms with Crippen LogP contribution in [0.1, 0.15) is 11.5 Å². The van der Waals surface area contributed by atoms with Crippen molar-refractivity contribution in [2.45, 2.75) is 18.5 Å². The summed E-state index contributed by atoms with van der Waals surface area (Å²) in [6.45, 7) is 1.40. The van der Waals surface area contributed by atoms with Crippen molar-refractivity contribution in [2.75, 3.05) is 40.0 Å². The second-order valence-corrected chi connectivity index (χ2v) is 6.07. The van der Waals surface area contributed by atoms with E-state index >= 15 is 0 Å². The Labute approximate surface area is 129 Å². The normalized spacial score (nSPS) is 12.8. The summed E-state index contributed by atoms with van der Waals surface area (Å²) >= 11 is 1.74. The Bertz CT molecular complexity index is 425. The third-order valence-corrected chi connectivity index (χ3v) is 3.73. The van der Waals surface area contributed by atoms with Gasteiger partial charge in [0.2, 0.25) is 6.54 Å². The van der Waals surface area contributed by atoms with Crippen molar-refractivity contribution in [1.29, 1.82) is 0 Å². The molecule has 0 aliphatic carbocycles. The van der Waals surface area contributed by atoms with Gasteiger partial charge in [0.15, 0.2) is 0 Å². The molecule has 1 aromatic heterocycles. The van der Waals surface area contributed by atoms with Crippen molar-refractivity contribution in [3.05, 3.63) is 33.8 Å². The first kappa shape index (κ1) is 18.0. The lowest BCUT2D eigenvalue weighted by Crippen LogP contribution is -2.46. The number of hydrogen-bond donors (Lipinski definition) is 2. The molecule has 0 radical (unpaired) electrons. The zero-order chi connectivity index (χ0) is 15.7. The molecule has 0 aromatic carbocycles. The van der Waals surface area contributed by atoms with Crippen LogP contribution in [0.25, 0.3) is 0 Å². The van der Waals surface area contributed by atoms with E-state index in [2.05, 4.69) is 15.5 Å². The average molecular weight is 316 g/mol. The number of nitrogens with zero attached hydrogens (tertiary/aromatic N) is 2. The number of nitrogens with one attached hydrogen (secondary N) is 2. The van der Waals surface area contributed by atoms with Crippen LogP contribution in [0, 0.1) is 10.1 Å². The van der Waals surface area contributed by atoms with E-state index in [4.69, 9.17) is 4.42 Å². The smallest absolute Gasteiger partial charge is 0.231 e. The minimum absolute atomic E-state index is 0.118. The first-order valence-corrected chi connectivity index (χ1v) is 7.99. The van der Waals surface area contributed by atoms with Crippen molar-refractivity contribution >= 4 is 11.8 Å². The number of nitro groups is 1. The molecule has 0 fully saturated rings. The third-order valence-electron chi connectivity index (χ3n) is 2.75. The summed E-state index contributed by atoms with van der Waals surface area (Å²) < 4.78 is 5.71. The van der Waals surface area contributed by atoms with Crippen LogP contribution in [0.5, 0.6) is 0 Å². The number of hydrogen-bond acceptors (Lipinski definition) is 7. The Morgan fingerprint density at radius 3 is 2.76 bits per heavy atom. The molecule has 7 nitrogen and oxygen atoms in total. The molecule has 21 heavy (non-hydrogen) atoms. The van der Waals surface area contributed by atoms with Crippen LogP contribution in [-0.4, -0.2) is 56.0 Å². The number of rotatable bonds is 11. The molecule has 1 rings (SSSR count). The lowest BCUT2D eigenvalue weighted by Gasteiger charge is -2.13. The SMILES string of the molecule is CNC(C[N+](=O)[O-])NCCSCc1ccc(CN(C)C)o1. The molecule has 120 valence electrons. The molecule has 1 atom stereocenters. The molecule has 0 aliphatic heterocycles. The standard InChI is InChI=1S/C13H24N4O3S/c1-14-13(9-17(18)19)15-6-7-21-10-12-5-4-11(20-12)8-16(2)3/h4-5,13-15H,6-10H2,1-3H3. The molecule has 1 aromatic rings. The molecule has 1 unspecified atom stereocenters. The maximum atomic E-state index is 10.4. The fourth-order valence-electron chi connectivity index (χ4n) is 1.78. The number of furan rings is 1. The lowest BCUT2D eigenvalue weighted by molar-refractivity contribution is -0.484. The zero-order valence-corrected chi connectivity index (χ0v) is 13.6. The van der Waals surface area contributed by atoms with E-state index in [0.29, 0.717) is 0 Å². The van der Waals surface area contributed by atoms with Crippen LogP contribution in [-0.2, 0) is 12.3 Å². The topological polar surface area (TPSA) is 83.6 Å². The summed E-state index contributed by atoms with van der Waals surface area (Å²) in [6.07, 6.45) is -0.282. The van der Waals surface area contributed by atoms with E-state index in [1.807, 2.05) is 26.2 Å². The molecule has 0 bridgehead atoms. The molecule has 0 spiro atoms. The van der Waals surface area contributed by atoms with E-state index in [1.54, 1.807) is 18.8 Å². The van der Waals surface area contributed by atoms with Crippen LogP contribution in [0.3, 0.4) is 0 Å². The van der Waals surface area contributed by atoms with E-state index < -0.39 is 0 Å². The average Bonchev–Trinajstić information content (AvgIpc) is 2.83. The quantitative estimate of drug-likeness (QED) is 0.272. The van der Waals surface area contributed by atoms with Gasteiger partial charge in [-0.15, -0.1) is 0 Å². The molecule has 1 heterocycles. The predicted molar refractivity (Wildman–Crippen MR) is 85.0 cm³/mol. The second kappa shape index (κ2) is 9.78. The Morgan fingerprint density at radius 2 is 2.14 bits per heavy atom. The predicted octanol–water partition coefficient (Wildman–Crippen LogP) is 0.986. The van der Waals surface area contributed by atoms with E-state index in [0.717, 1.165) is 36.1 Å². The van der Waals surface area contributed by atoms with Gasteiger partial charge < -0.3 is 9.32 Å². The lowest BCUT2D eigenvalue weighted by atomic mass is 10.4. The first-order valence-electron chi connectivity index (χ1n) is 6.83. The highest BCUT2D eigenvalue weighted by Gasteiger charge is 2.11. The summed E-state index contributed by atoms with van der Waals surface area (Å²) in [7, 11) is 5.72. The summed E-state index contributed by atoms with van der Waals surface area (Å²) in [5, 5.41) is 16.4. The van der Waals surface area contributed by atoms with Crippen LogP contribution in [0.2, 0.25) is 0 Å². The van der Waals surface area contributed by atoms with Crippen LogP contribution >= 0.6 is 11.8 Å². The summed E-state index contributed by atoms with van der Waals surface area (Å²) in [5.41, 5.74) is 0. The maximum Gasteiger partial charge on any atom is 0.231 e. The van der Waals surface area contributed by atoms with Gasteiger partial charge in [0.1, 0.15) is 17.7 Å². The van der Waals surface area contributed by atoms with Gasteiger partial charge in [-0.25, -0.2) is 0 Å². The van der Waals surface area contributed by atoms with E-state index in [-0.39, 0.29) is 17.6 Å². The van der Waals surface area contributed by atoms with Gasteiger partial charge in [0.25, 0.3) is 0 Å². The minimum atomic E-state index is -0.323. The maximum absolute atomic E-state index is 10.4. The van der Waals surface area contributed by atoms with Gasteiger partial charge in [0, 0.05) is 17.2 Å². The van der Waals surface area contributed by atoms with E-state index in [1.165, 1.54) is 0 Å². The monoisotopic (exact) mass is 316 g/mol. The third kappa shape index (κ3) is 8.05. The highest BCUT2D eigenvalue weighted by molar-refractivity contribution is 7.98. The highest BCUT2D eigenvalue weighted by Crippen LogP contribution is 2.15. The van der Waals surface area contributed by atoms with Gasteiger partial charge in [-0.05, 0) is 33.3 Å². The summed E-state index contributed by atoms with van der Waals surface area (Å²) in [4.78, 5) is 12.2. The van der Waals surface area contributed by atoms with Crippen molar-refractivity contribution in [3.8, 4) is 0 Å². The Morgan fingerprint density at radius 1 is 1.43 bits per heavy atom. The molecule has 8 heteroatoms. The molecule has 0 amide bonds. The Kier molecular flexibility index (Phi) is 8.36. The number of thioether (sulfide) groups is 1. The summed E-state index contributed by atoms with van der Waals surface area (Å²) in [6, 6.07) is 4.00.